The molecule has 0 fully saturated rings. The molecule has 6 heteroatoms. The summed E-state index contributed by atoms with van der Waals surface area (Å²) in [6.45, 7) is 0. The number of hydrazone groups is 1. The number of furan rings is 1. The molecule has 0 aliphatic rings. The summed E-state index contributed by atoms with van der Waals surface area (Å²) >= 11 is 0. The van der Waals surface area contributed by atoms with Crippen molar-refractivity contribution in [2.45, 2.75) is 0 Å². The molecule has 1 N–H and O–H groups in total. The zero-order valence-corrected chi connectivity index (χ0v) is 12.9. The molecule has 122 valence electrons. The molecule has 3 aromatic rings. The van der Waals surface area contributed by atoms with E-state index in [0.717, 1.165) is 11.6 Å². The molecule has 5 nitrogen and oxygen atoms in total. The van der Waals surface area contributed by atoms with Crippen LogP contribution in [-0.4, -0.2) is 12.1 Å². The lowest BCUT2D eigenvalue weighted by Crippen LogP contribution is -2.17. The Kier molecular flexibility index (Phi) is 4.67. The van der Waals surface area contributed by atoms with Crippen molar-refractivity contribution in [2.24, 2.45) is 5.10 Å². The molecular weight excluding hydrogens is 321 g/mol. The summed E-state index contributed by atoms with van der Waals surface area (Å²) in [5.74, 6) is 0.0469. The fourth-order valence-electron chi connectivity index (χ4n) is 2.14. The van der Waals surface area contributed by atoms with Gasteiger partial charge in [-0.05, 0) is 54.6 Å². The molecule has 0 saturated carbocycles. The summed E-state index contributed by atoms with van der Waals surface area (Å²) in [6.07, 6.45) is 1.35. The molecule has 0 spiro atoms. The van der Waals surface area contributed by atoms with E-state index in [-0.39, 0.29) is 5.56 Å². The van der Waals surface area contributed by atoms with Crippen LogP contribution in [0.2, 0.25) is 0 Å². The van der Waals surface area contributed by atoms with Crippen molar-refractivity contribution in [3.63, 3.8) is 0 Å². The molecular formula is C19H12FN3O2. The standard InChI is InChI=1S/C19H12FN3O2/c20-16-3-1-2-15(10-16)19(24)23-22-12-17-8-9-18(25-17)14-6-4-13(11-21)5-7-14/h1-10,12H,(H,23,24)/b22-12-. The summed E-state index contributed by atoms with van der Waals surface area (Å²) in [5.41, 5.74) is 3.87. The second-order valence-corrected chi connectivity index (χ2v) is 5.10. The van der Waals surface area contributed by atoms with Crippen LogP contribution in [0.1, 0.15) is 21.7 Å². The SMILES string of the molecule is N#Cc1ccc(-c2ccc(/C=N\NC(=O)c3cccc(F)c3)o2)cc1. The first-order valence-corrected chi connectivity index (χ1v) is 7.35. The topological polar surface area (TPSA) is 78.4 Å². The molecule has 0 radical (unpaired) electrons. The van der Waals surface area contributed by atoms with Gasteiger partial charge in [0.2, 0.25) is 0 Å². The van der Waals surface area contributed by atoms with Gasteiger partial charge in [0, 0.05) is 11.1 Å². The molecule has 2 aromatic carbocycles. The van der Waals surface area contributed by atoms with Gasteiger partial charge >= 0.3 is 0 Å². The molecule has 25 heavy (non-hydrogen) atoms. The number of carbonyl (C=O) groups is 1. The van der Waals surface area contributed by atoms with E-state index in [0.29, 0.717) is 17.1 Å². The fraction of sp³-hybridized carbons (Fsp3) is 0. The highest BCUT2D eigenvalue weighted by atomic mass is 19.1. The molecule has 0 bridgehead atoms. The Morgan fingerprint density at radius 3 is 2.68 bits per heavy atom. The maximum Gasteiger partial charge on any atom is 0.271 e. The number of nitrogens with zero attached hydrogens (tertiary/aromatic N) is 2. The van der Waals surface area contributed by atoms with Crippen LogP contribution in [0.15, 0.2) is 70.2 Å². The van der Waals surface area contributed by atoms with Crippen LogP contribution >= 0.6 is 0 Å². The quantitative estimate of drug-likeness (QED) is 0.584. The van der Waals surface area contributed by atoms with Crippen LogP contribution in [0.25, 0.3) is 11.3 Å². The smallest absolute Gasteiger partial charge is 0.271 e. The van der Waals surface area contributed by atoms with E-state index in [2.05, 4.69) is 16.6 Å². The summed E-state index contributed by atoms with van der Waals surface area (Å²) in [7, 11) is 0. The number of rotatable bonds is 4. The van der Waals surface area contributed by atoms with Crippen LogP contribution in [0, 0.1) is 17.1 Å². The van der Waals surface area contributed by atoms with Gasteiger partial charge in [0.25, 0.3) is 5.91 Å². The average molecular weight is 333 g/mol. The van der Waals surface area contributed by atoms with Crippen LogP contribution in [0.4, 0.5) is 4.39 Å². The summed E-state index contributed by atoms with van der Waals surface area (Å²) < 4.78 is 18.7. The maximum absolute atomic E-state index is 13.1. The third-order valence-electron chi connectivity index (χ3n) is 3.37. The predicted molar refractivity (Wildman–Crippen MR) is 90.3 cm³/mol. The summed E-state index contributed by atoms with van der Waals surface area (Å²) in [4.78, 5) is 11.8. The molecule has 1 heterocycles. The van der Waals surface area contributed by atoms with Crippen LogP contribution in [-0.2, 0) is 0 Å². The normalized spacial score (nSPS) is 10.6. The van der Waals surface area contributed by atoms with Crippen molar-refractivity contribution in [1.29, 1.82) is 5.26 Å². The van der Waals surface area contributed by atoms with Crippen molar-refractivity contribution in [2.75, 3.05) is 0 Å². The molecule has 0 aliphatic carbocycles. The highest BCUT2D eigenvalue weighted by molar-refractivity contribution is 5.94. The third-order valence-corrected chi connectivity index (χ3v) is 3.37. The minimum absolute atomic E-state index is 0.176. The Labute approximate surface area is 143 Å². The fourth-order valence-corrected chi connectivity index (χ4v) is 2.14. The molecule has 1 amide bonds. The number of benzene rings is 2. The lowest BCUT2D eigenvalue weighted by atomic mass is 10.1. The van der Waals surface area contributed by atoms with E-state index in [1.165, 1.54) is 24.4 Å². The van der Waals surface area contributed by atoms with E-state index >= 15 is 0 Å². The lowest BCUT2D eigenvalue weighted by Gasteiger charge is -1.99. The zero-order chi connectivity index (χ0) is 17.6. The number of halogens is 1. The predicted octanol–water partition coefficient (Wildman–Crippen LogP) is 3.72. The van der Waals surface area contributed by atoms with E-state index in [4.69, 9.17) is 9.68 Å². The minimum Gasteiger partial charge on any atom is -0.455 e. The molecule has 0 saturated heterocycles. The second-order valence-electron chi connectivity index (χ2n) is 5.10. The monoisotopic (exact) mass is 333 g/mol. The summed E-state index contributed by atoms with van der Waals surface area (Å²) in [6, 6.07) is 17.8. The Bertz CT molecular complexity index is 969. The Balaban J connectivity index is 1.65. The minimum atomic E-state index is -0.519. The molecule has 1 aromatic heterocycles. The van der Waals surface area contributed by atoms with Gasteiger partial charge in [-0.2, -0.15) is 10.4 Å². The number of hydrogen-bond donors (Lipinski definition) is 1. The number of nitriles is 1. The van der Waals surface area contributed by atoms with Gasteiger partial charge in [-0.1, -0.05) is 6.07 Å². The van der Waals surface area contributed by atoms with E-state index in [1.54, 1.807) is 36.4 Å². The van der Waals surface area contributed by atoms with Crippen LogP contribution in [0.3, 0.4) is 0 Å². The zero-order valence-electron chi connectivity index (χ0n) is 12.9. The third kappa shape index (κ3) is 3.98. The largest absolute Gasteiger partial charge is 0.455 e. The van der Waals surface area contributed by atoms with Gasteiger partial charge in [0.05, 0.1) is 17.8 Å². The molecule has 0 unspecified atom stereocenters. The van der Waals surface area contributed by atoms with Crippen LogP contribution in [0.5, 0.6) is 0 Å². The molecule has 0 atom stereocenters. The first kappa shape index (κ1) is 16.1. The van der Waals surface area contributed by atoms with Gasteiger partial charge < -0.3 is 4.42 Å². The van der Waals surface area contributed by atoms with Crippen molar-refractivity contribution in [3.8, 4) is 17.4 Å². The van der Waals surface area contributed by atoms with Gasteiger partial charge in [-0.15, -0.1) is 0 Å². The number of hydrogen-bond acceptors (Lipinski definition) is 4. The average Bonchev–Trinajstić information content (AvgIpc) is 3.10. The Hall–Kier alpha value is -3.72. The van der Waals surface area contributed by atoms with E-state index in [1.807, 2.05) is 0 Å². The molecule has 3 rings (SSSR count). The highest BCUT2D eigenvalue weighted by Crippen LogP contribution is 2.21. The first-order valence-electron chi connectivity index (χ1n) is 7.35. The van der Waals surface area contributed by atoms with Crippen molar-refractivity contribution in [3.05, 3.63) is 83.4 Å². The first-order chi connectivity index (χ1) is 12.2. The van der Waals surface area contributed by atoms with Gasteiger partial charge in [-0.3, -0.25) is 4.79 Å². The highest BCUT2D eigenvalue weighted by Gasteiger charge is 2.06. The Morgan fingerprint density at radius 1 is 1.16 bits per heavy atom. The van der Waals surface area contributed by atoms with Gasteiger partial charge in [0.15, 0.2) is 0 Å². The number of carbonyl (C=O) groups excluding carboxylic acids is 1. The van der Waals surface area contributed by atoms with E-state index < -0.39 is 11.7 Å². The second kappa shape index (κ2) is 7.23. The van der Waals surface area contributed by atoms with Gasteiger partial charge in [0.1, 0.15) is 17.3 Å². The maximum atomic E-state index is 13.1. The number of amides is 1. The van der Waals surface area contributed by atoms with Gasteiger partial charge in [-0.25, -0.2) is 9.82 Å². The molecule has 0 aliphatic heterocycles. The Morgan fingerprint density at radius 2 is 1.96 bits per heavy atom. The number of nitrogens with one attached hydrogen (secondary N) is 1. The van der Waals surface area contributed by atoms with E-state index in [9.17, 15) is 9.18 Å². The lowest BCUT2D eigenvalue weighted by molar-refractivity contribution is 0.0954. The van der Waals surface area contributed by atoms with Crippen molar-refractivity contribution >= 4 is 12.1 Å². The van der Waals surface area contributed by atoms with Crippen LogP contribution < -0.4 is 5.43 Å². The van der Waals surface area contributed by atoms with Crippen molar-refractivity contribution in [1.82, 2.24) is 5.43 Å². The summed E-state index contributed by atoms with van der Waals surface area (Å²) in [5, 5.41) is 12.6. The van der Waals surface area contributed by atoms with Crippen molar-refractivity contribution < 1.29 is 13.6 Å².